The van der Waals surface area contributed by atoms with Crippen LogP contribution in [0.5, 0.6) is 5.75 Å². The van der Waals surface area contributed by atoms with Gasteiger partial charge in [0.15, 0.2) is 0 Å². The van der Waals surface area contributed by atoms with Gasteiger partial charge in [0.1, 0.15) is 18.2 Å². The highest BCUT2D eigenvalue weighted by Gasteiger charge is 2.01. The summed E-state index contributed by atoms with van der Waals surface area (Å²) < 4.78 is 20.6. The fourth-order valence-corrected chi connectivity index (χ4v) is 2.46. The van der Waals surface area contributed by atoms with E-state index in [9.17, 15) is 4.39 Å². The summed E-state index contributed by atoms with van der Waals surface area (Å²) in [7, 11) is 0. The molecule has 0 amide bonds. The summed E-state index contributed by atoms with van der Waals surface area (Å²) in [5.41, 5.74) is 0.896. The molecular formula is C15H14Br2FNO. The molecule has 2 aromatic rings. The van der Waals surface area contributed by atoms with Crippen molar-refractivity contribution in [3.63, 3.8) is 0 Å². The van der Waals surface area contributed by atoms with Crippen LogP contribution in [0.15, 0.2) is 51.4 Å². The van der Waals surface area contributed by atoms with Gasteiger partial charge in [-0.1, -0.05) is 37.9 Å². The molecule has 106 valence electrons. The fraction of sp³-hybridized carbons (Fsp3) is 0.200. The zero-order valence-corrected chi connectivity index (χ0v) is 13.9. The number of benzene rings is 2. The molecule has 0 unspecified atom stereocenters. The second kappa shape index (κ2) is 7.76. The zero-order chi connectivity index (χ0) is 14.4. The van der Waals surface area contributed by atoms with Crippen molar-refractivity contribution in [2.24, 2.45) is 0 Å². The molecular weight excluding hydrogens is 389 g/mol. The fourth-order valence-electron chi connectivity index (χ4n) is 1.70. The maximum atomic E-state index is 13.1. The van der Waals surface area contributed by atoms with Crippen LogP contribution in [0.1, 0.15) is 5.56 Å². The highest BCUT2D eigenvalue weighted by atomic mass is 79.9. The van der Waals surface area contributed by atoms with Crippen LogP contribution < -0.4 is 10.1 Å². The van der Waals surface area contributed by atoms with E-state index < -0.39 is 0 Å². The Morgan fingerprint density at radius 2 is 1.95 bits per heavy atom. The Balaban J connectivity index is 1.73. The molecule has 20 heavy (non-hydrogen) atoms. The molecule has 0 aliphatic heterocycles. The SMILES string of the molecule is Fc1ccc(Br)c(CNCCOc2cccc(Br)c2)c1. The minimum absolute atomic E-state index is 0.226. The van der Waals surface area contributed by atoms with Crippen molar-refractivity contribution in [3.8, 4) is 5.75 Å². The summed E-state index contributed by atoms with van der Waals surface area (Å²) in [6.07, 6.45) is 0. The largest absolute Gasteiger partial charge is 0.492 e. The van der Waals surface area contributed by atoms with Crippen molar-refractivity contribution in [1.29, 1.82) is 0 Å². The summed E-state index contributed by atoms with van der Waals surface area (Å²) in [6.45, 7) is 1.85. The van der Waals surface area contributed by atoms with Crippen LogP contribution in [0.2, 0.25) is 0 Å². The zero-order valence-electron chi connectivity index (χ0n) is 10.7. The molecule has 0 aliphatic rings. The van der Waals surface area contributed by atoms with E-state index in [1.165, 1.54) is 12.1 Å². The third kappa shape index (κ3) is 4.89. The second-order valence-corrected chi connectivity index (χ2v) is 5.99. The molecule has 5 heteroatoms. The molecule has 0 saturated carbocycles. The smallest absolute Gasteiger partial charge is 0.123 e. The second-order valence-electron chi connectivity index (χ2n) is 4.22. The Bertz CT molecular complexity index is 578. The van der Waals surface area contributed by atoms with E-state index in [1.54, 1.807) is 6.07 Å². The Labute approximate surface area is 134 Å². The minimum Gasteiger partial charge on any atom is -0.492 e. The predicted octanol–water partition coefficient (Wildman–Crippen LogP) is 4.52. The molecule has 2 nitrogen and oxygen atoms in total. The van der Waals surface area contributed by atoms with Gasteiger partial charge in [0, 0.05) is 22.0 Å². The number of nitrogens with one attached hydrogen (secondary N) is 1. The lowest BCUT2D eigenvalue weighted by atomic mass is 10.2. The van der Waals surface area contributed by atoms with Crippen molar-refractivity contribution in [2.75, 3.05) is 13.2 Å². The van der Waals surface area contributed by atoms with E-state index >= 15 is 0 Å². The maximum absolute atomic E-state index is 13.1. The Morgan fingerprint density at radius 1 is 1.10 bits per heavy atom. The van der Waals surface area contributed by atoms with E-state index in [1.807, 2.05) is 24.3 Å². The van der Waals surface area contributed by atoms with Crippen LogP contribution in [0.25, 0.3) is 0 Å². The third-order valence-electron chi connectivity index (χ3n) is 2.67. The van der Waals surface area contributed by atoms with Crippen LogP contribution >= 0.6 is 31.9 Å². The van der Waals surface area contributed by atoms with Crippen molar-refractivity contribution < 1.29 is 9.13 Å². The average molecular weight is 403 g/mol. The van der Waals surface area contributed by atoms with Gasteiger partial charge in [0.25, 0.3) is 0 Å². The molecule has 0 bridgehead atoms. The summed E-state index contributed by atoms with van der Waals surface area (Å²) >= 11 is 6.79. The molecule has 2 rings (SSSR count). The molecule has 0 atom stereocenters. The molecule has 0 fully saturated rings. The molecule has 1 N–H and O–H groups in total. The molecule has 0 aliphatic carbocycles. The van der Waals surface area contributed by atoms with Crippen molar-refractivity contribution in [2.45, 2.75) is 6.54 Å². The first kappa shape index (κ1) is 15.5. The lowest BCUT2D eigenvalue weighted by Gasteiger charge is -2.09. The van der Waals surface area contributed by atoms with Gasteiger partial charge < -0.3 is 10.1 Å². The third-order valence-corrected chi connectivity index (χ3v) is 3.93. The van der Waals surface area contributed by atoms with E-state index in [-0.39, 0.29) is 5.82 Å². The standard InChI is InChI=1S/C15H14Br2FNO/c16-12-2-1-3-14(9-12)20-7-6-19-10-11-8-13(18)4-5-15(11)17/h1-5,8-9,19H,6-7,10H2. The first-order valence-electron chi connectivity index (χ1n) is 6.18. The predicted molar refractivity (Wildman–Crippen MR) is 85.4 cm³/mol. The van der Waals surface area contributed by atoms with Gasteiger partial charge in [-0.25, -0.2) is 4.39 Å². The summed E-state index contributed by atoms with van der Waals surface area (Å²) in [5.74, 6) is 0.600. The van der Waals surface area contributed by atoms with Crippen LogP contribution in [0, 0.1) is 5.82 Å². The quantitative estimate of drug-likeness (QED) is 0.717. The lowest BCUT2D eigenvalue weighted by molar-refractivity contribution is 0.313. The molecule has 0 heterocycles. The summed E-state index contributed by atoms with van der Waals surface area (Å²) in [5, 5.41) is 3.22. The number of ether oxygens (including phenoxy) is 1. The maximum Gasteiger partial charge on any atom is 0.123 e. The van der Waals surface area contributed by atoms with Gasteiger partial charge in [0.05, 0.1) is 0 Å². The Morgan fingerprint density at radius 3 is 2.75 bits per heavy atom. The van der Waals surface area contributed by atoms with E-state index in [4.69, 9.17) is 4.74 Å². The van der Waals surface area contributed by atoms with Gasteiger partial charge in [-0.3, -0.25) is 0 Å². The van der Waals surface area contributed by atoms with Gasteiger partial charge >= 0.3 is 0 Å². The van der Waals surface area contributed by atoms with Gasteiger partial charge in [-0.15, -0.1) is 0 Å². The van der Waals surface area contributed by atoms with Crippen molar-refractivity contribution >= 4 is 31.9 Å². The van der Waals surface area contributed by atoms with Gasteiger partial charge in [0.2, 0.25) is 0 Å². The first-order valence-corrected chi connectivity index (χ1v) is 7.77. The van der Waals surface area contributed by atoms with Crippen LogP contribution in [0.3, 0.4) is 0 Å². The first-order chi connectivity index (χ1) is 9.65. The normalized spacial score (nSPS) is 10.6. The Kier molecular flexibility index (Phi) is 6.01. The van der Waals surface area contributed by atoms with Gasteiger partial charge in [-0.05, 0) is 42.0 Å². The van der Waals surface area contributed by atoms with E-state index in [0.717, 1.165) is 20.3 Å². The van der Waals surface area contributed by atoms with E-state index in [0.29, 0.717) is 19.7 Å². The molecule has 0 saturated heterocycles. The highest BCUT2D eigenvalue weighted by Crippen LogP contribution is 2.18. The number of hydrogen-bond donors (Lipinski definition) is 1. The molecule has 0 radical (unpaired) electrons. The monoisotopic (exact) mass is 401 g/mol. The number of rotatable bonds is 6. The number of hydrogen-bond acceptors (Lipinski definition) is 2. The molecule has 0 spiro atoms. The highest BCUT2D eigenvalue weighted by molar-refractivity contribution is 9.10. The van der Waals surface area contributed by atoms with Crippen LogP contribution in [-0.2, 0) is 6.54 Å². The topological polar surface area (TPSA) is 21.3 Å². The lowest BCUT2D eigenvalue weighted by Crippen LogP contribution is -2.20. The van der Waals surface area contributed by atoms with Gasteiger partial charge in [-0.2, -0.15) is 0 Å². The summed E-state index contributed by atoms with van der Waals surface area (Å²) in [4.78, 5) is 0. The van der Waals surface area contributed by atoms with Crippen molar-refractivity contribution in [3.05, 3.63) is 62.8 Å². The van der Waals surface area contributed by atoms with Crippen LogP contribution in [-0.4, -0.2) is 13.2 Å². The van der Waals surface area contributed by atoms with Crippen molar-refractivity contribution in [1.82, 2.24) is 5.32 Å². The molecule has 2 aromatic carbocycles. The Hall–Kier alpha value is -0.910. The van der Waals surface area contributed by atoms with E-state index in [2.05, 4.69) is 37.2 Å². The molecule has 0 aromatic heterocycles. The average Bonchev–Trinajstić information content (AvgIpc) is 2.42. The minimum atomic E-state index is -0.226. The summed E-state index contributed by atoms with van der Waals surface area (Å²) in [6, 6.07) is 12.4. The van der Waals surface area contributed by atoms with Crippen LogP contribution in [0.4, 0.5) is 4.39 Å². The number of halogens is 3.